The number of aryl methyl sites for hydroxylation is 1. The van der Waals surface area contributed by atoms with Crippen LogP contribution in [-0.4, -0.2) is 10.1 Å². The van der Waals surface area contributed by atoms with Gasteiger partial charge in [0.25, 0.3) is 5.56 Å². The van der Waals surface area contributed by atoms with Crippen LogP contribution in [0.2, 0.25) is 0 Å². The Bertz CT molecular complexity index is 778. The molecule has 0 unspecified atom stereocenters. The molecule has 0 spiro atoms. The topological polar surface area (TPSA) is 71.8 Å². The maximum atomic E-state index is 12.7. The largest absolute Gasteiger partial charge is 0.324 e. The summed E-state index contributed by atoms with van der Waals surface area (Å²) < 4.78 is 1.65. The average molecular weight is 309 g/mol. The van der Waals surface area contributed by atoms with E-state index >= 15 is 0 Å². The van der Waals surface area contributed by atoms with Crippen molar-refractivity contribution in [1.29, 1.82) is 5.26 Å². The molecular formula is C19H23N3O. The Morgan fingerprint density at radius 1 is 1.13 bits per heavy atom. The minimum absolute atomic E-state index is 0.149. The average Bonchev–Trinajstić information content (AvgIpc) is 2.57. The Morgan fingerprint density at radius 3 is 2.26 bits per heavy atom. The van der Waals surface area contributed by atoms with Gasteiger partial charge in [-0.3, -0.25) is 4.79 Å². The molecule has 120 valence electrons. The molecule has 1 aromatic carbocycles. The van der Waals surface area contributed by atoms with Gasteiger partial charge >= 0.3 is 0 Å². The number of hydrogen-bond acceptors (Lipinski definition) is 3. The van der Waals surface area contributed by atoms with Crippen molar-refractivity contribution in [2.75, 3.05) is 0 Å². The summed E-state index contributed by atoms with van der Waals surface area (Å²) in [5.41, 5.74) is 8.74. The second kappa shape index (κ2) is 6.80. The Balaban J connectivity index is 2.64. The number of hydrogen-bond donors (Lipinski definition) is 1. The summed E-state index contributed by atoms with van der Waals surface area (Å²) >= 11 is 0. The van der Waals surface area contributed by atoms with E-state index in [9.17, 15) is 4.79 Å². The summed E-state index contributed by atoms with van der Waals surface area (Å²) in [5.74, 6) is 0. The van der Waals surface area contributed by atoms with Crippen molar-refractivity contribution in [3.63, 3.8) is 0 Å². The van der Waals surface area contributed by atoms with E-state index in [1.807, 2.05) is 57.2 Å². The van der Waals surface area contributed by atoms with Crippen LogP contribution in [0.4, 0.5) is 0 Å². The Labute approximate surface area is 137 Å². The van der Waals surface area contributed by atoms with Crippen LogP contribution in [0.25, 0.3) is 11.3 Å². The number of nitrogens with zero attached hydrogens (tertiary/aromatic N) is 2. The maximum absolute atomic E-state index is 12.7. The predicted octanol–water partition coefficient (Wildman–Crippen LogP) is 3.21. The van der Waals surface area contributed by atoms with Gasteiger partial charge in [0.15, 0.2) is 0 Å². The van der Waals surface area contributed by atoms with E-state index in [1.165, 1.54) is 0 Å². The zero-order chi connectivity index (χ0) is 17.0. The van der Waals surface area contributed by atoms with Gasteiger partial charge < -0.3 is 10.3 Å². The van der Waals surface area contributed by atoms with Gasteiger partial charge in [-0.25, -0.2) is 0 Å². The highest BCUT2D eigenvalue weighted by atomic mass is 16.1. The lowest BCUT2D eigenvalue weighted by molar-refractivity contribution is 0.336. The molecule has 1 aromatic heterocycles. The normalized spacial score (nSPS) is 11.3. The van der Waals surface area contributed by atoms with Gasteiger partial charge in [0.05, 0.1) is 5.69 Å². The third-order valence-electron chi connectivity index (χ3n) is 4.52. The minimum Gasteiger partial charge on any atom is -0.324 e. The highest BCUT2D eigenvalue weighted by Gasteiger charge is 2.23. The lowest BCUT2D eigenvalue weighted by atomic mass is 9.93. The molecule has 0 saturated heterocycles. The highest BCUT2D eigenvalue weighted by Crippen LogP contribution is 2.22. The first-order chi connectivity index (χ1) is 10.9. The van der Waals surface area contributed by atoms with Crippen molar-refractivity contribution in [2.45, 2.75) is 45.7 Å². The fourth-order valence-corrected chi connectivity index (χ4v) is 2.59. The number of aromatic nitrogens is 1. The van der Waals surface area contributed by atoms with Crippen LogP contribution >= 0.6 is 0 Å². The van der Waals surface area contributed by atoms with Gasteiger partial charge in [-0.05, 0) is 37.5 Å². The molecule has 23 heavy (non-hydrogen) atoms. The first-order valence-electron chi connectivity index (χ1n) is 7.94. The molecule has 0 aliphatic carbocycles. The van der Waals surface area contributed by atoms with Gasteiger partial charge in [0.2, 0.25) is 0 Å². The Kier molecular flexibility index (Phi) is 5.02. The van der Waals surface area contributed by atoms with Crippen molar-refractivity contribution in [1.82, 2.24) is 4.57 Å². The fourth-order valence-electron chi connectivity index (χ4n) is 2.59. The molecule has 0 fully saturated rings. The SMILES string of the molecule is CCC(N)(CC)Cn1c(-c2ccc(C)cc2)ccc(C#N)c1=O. The molecule has 0 radical (unpaired) electrons. The molecule has 4 nitrogen and oxygen atoms in total. The summed E-state index contributed by atoms with van der Waals surface area (Å²) in [7, 11) is 0. The molecule has 2 rings (SSSR count). The summed E-state index contributed by atoms with van der Waals surface area (Å²) in [4.78, 5) is 12.7. The van der Waals surface area contributed by atoms with Crippen LogP contribution in [-0.2, 0) is 6.54 Å². The van der Waals surface area contributed by atoms with Gasteiger partial charge in [0, 0.05) is 12.1 Å². The molecule has 0 amide bonds. The first-order valence-corrected chi connectivity index (χ1v) is 7.94. The second-order valence-corrected chi connectivity index (χ2v) is 6.07. The van der Waals surface area contributed by atoms with Crippen LogP contribution in [0, 0.1) is 18.3 Å². The Hall–Kier alpha value is -2.38. The van der Waals surface area contributed by atoms with Crippen molar-refractivity contribution < 1.29 is 0 Å². The number of rotatable bonds is 5. The molecule has 2 N–H and O–H groups in total. The van der Waals surface area contributed by atoms with E-state index in [4.69, 9.17) is 11.0 Å². The summed E-state index contributed by atoms with van der Waals surface area (Å²) in [6, 6.07) is 13.4. The third-order valence-corrected chi connectivity index (χ3v) is 4.52. The molecule has 0 saturated carbocycles. The second-order valence-electron chi connectivity index (χ2n) is 6.07. The van der Waals surface area contributed by atoms with Gasteiger partial charge in [-0.2, -0.15) is 5.26 Å². The minimum atomic E-state index is -0.461. The fraction of sp³-hybridized carbons (Fsp3) is 0.368. The predicted molar refractivity (Wildman–Crippen MR) is 93.1 cm³/mol. The standard InChI is InChI=1S/C19H23N3O/c1-4-19(21,5-2)13-22-17(11-10-16(12-20)18(22)23)15-8-6-14(3)7-9-15/h6-11H,4-5,13,21H2,1-3H3. The Morgan fingerprint density at radius 2 is 1.74 bits per heavy atom. The molecular weight excluding hydrogens is 286 g/mol. The van der Waals surface area contributed by atoms with Crippen molar-refractivity contribution in [2.24, 2.45) is 5.73 Å². The van der Waals surface area contributed by atoms with Gasteiger partial charge in [0.1, 0.15) is 11.6 Å². The third kappa shape index (κ3) is 3.52. The van der Waals surface area contributed by atoms with Gasteiger partial charge in [-0.1, -0.05) is 43.7 Å². The summed E-state index contributed by atoms with van der Waals surface area (Å²) in [5, 5.41) is 9.16. The molecule has 0 aliphatic heterocycles. The lowest BCUT2D eigenvalue weighted by Crippen LogP contribution is -2.45. The summed E-state index contributed by atoms with van der Waals surface area (Å²) in [6.45, 7) is 6.47. The van der Waals surface area contributed by atoms with E-state index in [1.54, 1.807) is 10.6 Å². The summed E-state index contributed by atoms with van der Waals surface area (Å²) in [6.07, 6.45) is 1.53. The van der Waals surface area contributed by atoms with E-state index in [2.05, 4.69) is 0 Å². The van der Waals surface area contributed by atoms with Crippen molar-refractivity contribution in [3.05, 3.63) is 57.9 Å². The van der Waals surface area contributed by atoms with Crippen LogP contribution in [0.3, 0.4) is 0 Å². The number of nitriles is 1. The van der Waals surface area contributed by atoms with Gasteiger partial charge in [-0.15, -0.1) is 0 Å². The number of pyridine rings is 1. The molecule has 4 heteroatoms. The van der Waals surface area contributed by atoms with E-state index in [0.29, 0.717) is 6.54 Å². The number of benzene rings is 1. The smallest absolute Gasteiger partial charge is 0.269 e. The quantitative estimate of drug-likeness (QED) is 0.921. The lowest BCUT2D eigenvalue weighted by Gasteiger charge is -2.29. The van der Waals surface area contributed by atoms with E-state index in [-0.39, 0.29) is 11.1 Å². The van der Waals surface area contributed by atoms with E-state index in [0.717, 1.165) is 29.7 Å². The zero-order valence-electron chi connectivity index (χ0n) is 14.0. The number of nitrogens with two attached hydrogens (primary N) is 1. The van der Waals surface area contributed by atoms with Crippen LogP contribution in [0.15, 0.2) is 41.2 Å². The molecule has 2 aromatic rings. The molecule has 0 bridgehead atoms. The van der Waals surface area contributed by atoms with Crippen LogP contribution < -0.4 is 11.3 Å². The molecule has 1 heterocycles. The molecule has 0 atom stereocenters. The van der Waals surface area contributed by atoms with Crippen molar-refractivity contribution >= 4 is 0 Å². The zero-order valence-corrected chi connectivity index (χ0v) is 14.0. The van der Waals surface area contributed by atoms with Crippen molar-refractivity contribution in [3.8, 4) is 17.3 Å². The molecule has 0 aliphatic rings. The van der Waals surface area contributed by atoms with Crippen LogP contribution in [0.5, 0.6) is 0 Å². The van der Waals surface area contributed by atoms with E-state index < -0.39 is 5.54 Å². The highest BCUT2D eigenvalue weighted by molar-refractivity contribution is 5.60. The monoisotopic (exact) mass is 309 g/mol. The first kappa shape index (κ1) is 17.0. The maximum Gasteiger partial charge on any atom is 0.269 e. The van der Waals surface area contributed by atoms with Crippen LogP contribution in [0.1, 0.15) is 37.8 Å².